The van der Waals surface area contributed by atoms with Crippen LogP contribution in [0.15, 0.2) is 11.6 Å². The summed E-state index contributed by atoms with van der Waals surface area (Å²) in [6, 6.07) is 0. The van der Waals surface area contributed by atoms with Gasteiger partial charge in [0.25, 0.3) is 0 Å². The third kappa shape index (κ3) is 4.18. The highest BCUT2D eigenvalue weighted by Gasteiger charge is 1.87. The monoisotopic (exact) mass is 130 g/mol. The van der Waals surface area contributed by atoms with Crippen molar-refractivity contribution in [3.05, 3.63) is 11.6 Å². The smallest absolute Gasteiger partial charge is 0.0641 e. The first kappa shape index (κ1) is 8.66. The lowest BCUT2D eigenvalue weighted by Gasteiger charge is -1.96. The van der Waals surface area contributed by atoms with E-state index in [2.05, 4.69) is 0 Å². The van der Waals surface area contributed by atoms with Gasteiger partial charge in [0.2, 0.25) is 0 Å². The first-order chi connectivity index (χ1) is 4.35. The Morgan fingerprint density at radius 2 is 2.11 bits per heavy atom. The van der Waals surface area contributed by atoms with E-state index in [0.29, 0.717) is 6.42 Å². The van der Waals surface area contributed by atoms with Crippen LogP contribution in [0.2, 0.25) is 0 Å². The second-order valence-electron chi connectivity index (χ2n) is 1.89. The fourth-order valence-corrected chi connectivity index (χ4v) is 0.589. The van der Waals surface area contributed by atoms with E-state index in [4.69, 9.17) is 10.2 Å². The molecule has 0 saturated heterocycles. The fourth-order valence-electron chi connectivity index (χ4n) is 0.589. The molecule has 9 heavy (non-hydrogen) atoms. The summed E-state index contributed by atoms with van der Waals surface area (Å²) in [4.78, 5) is 0. The van der Waals surface area contributed by atoms with Gasteiger partial charge in [0, 0.05) is 6.61 Å². The second-order valence-corrected chi connectivity index (χ2v) is 1.89. The summed E-state index contributed by atoms with van der Waals surface area (Å²) in [5.74, 6) is 0. The molecule has 0 bridgehead atoms. The molecule has 2 heteroatoms. The highest BCUT2D eigenvalue weighted by Crippen LogP contribution is 1.99. The van der Waals surface area contributed by atoms with E-state index < -0.39 is 0 Å². The van der Waals surface area contributed by atoms with Gasteiger partial charge in [0.05, 0.1) is 6.61 Å². The Labute approximate surface area is 55.8 Å². The van der Waals surface area contributed by atoms with E-state index >= 15 is 0 Å². The molecule has 0 amide bonds. The second kappa shape index (κ2) is 5.79. The standard InChI is InChI=1S/C7H14O2/c1-2-7(6-9)4-3-5-8/h4,8-9H,2-3,5-6H2,1H3. The zero-order valence-electron chi connectivity index (χ0n) is 5.80. The van der Waals surface area contributed by atoms with Crippen molar-refractivity contribution in [1.29, 1.82) is 0 Å². The van der Waals surface area contributed by atoms with Gasteiger partial charge in [-0.05, 0) is 18.4 Å². The van der Waals surface area contributed by atoms with E-state index in [1.807, 2.05) is 13.0 Å². The molecule has 0 aliphatic rings. The highest BCUT2D eigenvalue weighted by atomic mass is 16.3. The Morgan fingerprint density at radius 1 is 1.44 bits per heavy atom. The molecule has 54 valence electrons. The summed E-state index contributed by atoms with van der Waals surface area (Å²) in [6.07, 6.45) is 3.40. The van der Waals surface area contributed by atoms with Crippen LogP contribution in [0.3, 0.4) is 0 Å². The van der Waals surface area contributed by atoms with Gasteiger partial charge >= 0.3 is 0 Å². The van der Waals surface area contributed by atoms with Crippen LogP contribution in [0.1, 0.15) is 19.8 Å². The van der Waals surface area contributed by atoms with Crippen LogP contribution in [0.25, 0.3) is 0 Å². The van der Waals surface area contributed by atoms with Crippen LogP contribution in [0, 0.1) is 0 Å². The summed E-state index contributed by atoms with van der Waals surface area (Å²) < 4.78 is 0. The predicted octanol–water partition coefficient (Wildman–Crippen LogP) is 0.698. The molecule has 0 rings (SSSR count). The van der Waals surface area contributed by atoms with Gasteiger partial charge in [0.1, 0.15) is 0 Å². The molecule has 0 aliphatic heterocycles. The highest BCUT2D eigenvalue weighted by molar-refractivity contribution is 5.00. The van der Waals surface area contributed by atoms with Gasteiger partial charge in [-0.25, -0.2) is 0 Å². The molecule has 0 aromatic rings. The fraction of sp³-hybridized carbons (Fsp3) is 0.714. The molecular weight excluding hydrogens is 116 g/mol. The van der Waals surface area contributed by atoms with Crippen molar-refractivity contribution in [3.8, 4) is 0 Å². The lowest BCUT2D eigenvalue weighted by Crippen LogP contribution is -1.89. The van der Waals surface area contributed by atoms with E-state index in [9.17, 15) is 0 Å². The summed E-state index contributed by atoms with van der Waals surface area (Å²) >= 11 is 0. The summed E-state index contributed by atoms with van der Waals surface area (Å²) in [6.45, 7) is 2.28. The van der Waals surface area contributed by atoms with Gasteiger partial charge in [-0.15, -0.1) is 0 Å². The molecule has 0 heterocycles. The maximum atomic E-state index is 8.60. The van der Waals surface area contributed by atoms with Crippen LogP contribution >= 0.6 is 0 Å². The van der Waals surface area contributed by atoms with Gasteiger partial charge in [0.15, 0.2) is 0 Å². The average Bonchev–Trinajstić information content (AvgIpc) is 1.91. The van der Waals surface area contributed by atoms with Crippen molar-refractivity contribution in [3.63, 3.8) is 0 Å². The van der Waals surface area contributed by atoms with Gasteiger partial charge < -0.3 is 10.2 Å². The molecule has 0 aromatic heterocycles. The normalized spacial score (nSPS) is 12.1. The van der Waals surface area contributed by atoms with E-state index in [-0.39, 0.29) is 13.2 Å². The third-order valence-corrected chi connectivity index (χ3v) is 1.22. The van der Waals surface area contributed by atoms with E-state index in [1.54, 1.807) is 0 Å². The molecular formula is C7H14O2. The minimum atomic E-state index is 0.122. The van der Waals surface area contributed by atoms with Crippen molar-refractivity contribution in [2.24, 2.45) is 0 Å². The lowest BCUT2D eigenvalue weighted by atomic mass is 10.2. The summed E-state index contributed by atoms with van der Waals surface area (Å²) in [5.41, 5.74) is 1.00. The largest absolute Gasteiger partial charge is 0.396 e. The number of hydrogen-bond donors (Lipinski definition) is 2. The van der Waals surface area contributed by atoms with Gasteiger partial charge in [-0.3, -0.25) is 0 Å². The molecule has 0 atom stereocenters. The maximum absolute atomic E-state index is 8.60. The number of rotatable bonds is 4. The average molecular weight is 130 g/mol. The van der Waals surface area contributed by atoms with Crippen LogP contribution in [0.5, 0.6) is 0 Å². The molecule has 2 N–H and O–H groups in total. The molecule has 0 saturated carbocycles. The van der Waals surface area contributed by atoms with Crippen molar-refractivity contribution in [1.82, 2.24) is 0 Å². The Hall–Kier alpha value is -0.340. The molecule has 0 aromatic carbocycles. The lowest BCUT2D eigenvalue weighted by molar-refractivity contribution is 0.299. The number of aliphatic hydroxyl groups excluding tert-OH is 2. The number of aliphatic hydroxyl groups is 2. The Kier molecular flexibility index (Phi) is 5.57. The van der Waals surface area contributed by atoms with Crippen LogP contribution in [-0.2, 0) is 0 Å². The predicted molar refractivity (Wildman–Crippen MR) is 37.2 cm³/mol. The van der Waals surface area contributed by atoms with E-state index in [1.165, 1.54) is 0 Å². The Bertz CT molecular complexity index is 80.9. The number of hydrogen-bond acceptors (Lipinski definition) is 2. The van der Waals surface area contributed by atoms with E-state index in [0.717, 1.165) is 12.0 Å². The van der Waals surface area contributed by atoms with Crippen molar-refractivity contribution >= 4 is 0 Å². The first-order valence-electron chi connectivity index (χ1n) is 3.24. The minimum absolute atomic E-state index is 0.122. The van der Waals surface area contributed by atoms with Crippen LogP contribution in [0.4, 0.5) is 0 Å². The van der Waals surface area contributed by atoms with Crippen LogP contribution in [-0.4, -0.2) is 23.4 Å². The molecule has 0 unspecified atom stereocenters. The maximum Gasteiger partial charge on any atom is 0.0641 e. The molecule has 0 fully saturated rings. The van der Waals surface area contributed by atoms with Gasteiger partial charge in [-0.2, -0.15) is 0 Å². The van der Waals surface area contributed by atoms with Crippen molar-refractivity contribution in [2.45, 2.75) is 19.8 Å². The van der Waals surface area contributed by atoms with Crippen molar-refractivity contribution < 1.29 is 10.2 Å². The molecule has 0 radical (unpaired) electrons. The zero-order valence-corrected chi connectivity index (χ0v) is 5.80. The van der Waals surface area contributed by atoms with Gasteiger partial charge in [-0.1, -0.05) is 13.0 Å². The SMILES string of the molecule is CCC(=CCCO)CO. The topological polar surface area (TPSA) is 40.5 Å². The minimum Gasteiger partial charge on any atom is -0.396 e. The molecule has 0 aliphatic carbocycles. The Balaban J connectivity index is 3.48. The van der Waals surface area contributed by atoms with Crippen molar-refractivity contribution in [2.75, 3.05) is 13.2 Å². The van der Waals surface area contributed by atoms with Crippen LogP contribution < -0.4 is 0 Å². The quantitative estimate of drug-likeness (QED) is 0.550. The summed E-state index contributed by atoms with van der Waals surface area (Å²) in [7, 11) is 0. The summed E-state index contributed by atoms with van der Waals surface area (Å²) in [5, 5.41) is 17.0. The Morgan fingerprint density at radius 3 is 2.44 bits per heavy atom. The zero-order chi connectivity index (χ0) is 7.11. The molecule has 0 spiro atoms. The third-order valence-electron chi connectivity index (χ3n) is 1.22. The molecule has 2 nitrogen and oxygen atoms in total. The first-order valence-corrected chi connectivity index (χ1v) is 3.24.